The number of H-pyrrole nitrogens is 1. The number of likely N-dealkylation sites (tertiary alicyclic amines) is 1. The van der Waals surface area contributed by atoms with Crippen LogP contribution in [0, 0.1) is 0 Å². The number of carbonyl (C=O) groups excluding carboxylic acids is 1. The minimum Gasteiger partial charge on any atom is -0.450 e. The number of rotatable bonds is 1. The molecule has 146 valence electrons. The number of ether oxygens (including phenoxy) is 1. The molecule has 1 aromatic heterocycles. The molecule has 0 saturated carbocycles. The lowest BCUT2D eigenvalue weighted by Crippen LogP contribution is -2.37. The second-order valence-electron chi connectivity index (χ2n) is 7.19. The van der Waals surface area contributed by atoms with E-state index in [-0.39, 0.29) is 11.7 Å². The van der Waals surface area contributed by atoms with Gasteiger partial charge < -0.3 is 14.6 Å². The Balaban J connectivity index is 1.79. The molecule has 1 aliphatic heterocycles. The van der Waals surface area contributed by atoms with Crippen molar-refractivity contribution >= 4 is 23.3 Å². The third-order valence-electron chi connectivity index (χ3n) is 5.50. The van der Waals surface area contributed by atoms with Crippen molar-refractivity contribution in [3.8, 4) is 0 Å². The van der Waals surface area contributed by atoms with Gasteiger partial charge in [-0.3, -0.25) is 4.79 Å². The van der Waals surface area contributed by atoms with Crippen LogP contribution in [0.25, 0.3) is 5.57 Å². The van der Waals surface area contributed by atoms with Crippen molar-refractivity contribution in [3.63, 3.8) is 0 Å². The fourth-order valence-electron chi connectivity index (χ4n) is 4.14. The van der Waals surface area contributed by atoms with Crippen LogP contribution >= 0.6 is 11.6 Å². The summed E-state index contributed by atoms with van der Waals surface area (Å²) in [4.78, 5) is 29.0. The molecule has 0 atom stereocenters. The highest BCUT2D eigenvalue weighted by Crippen LogP contribution is 2.38. The lowest BCUT2D eigenvalue weighted by Gasteiger charge is -2.29. The average molecular weight is 399 g/mol. The van der Waals surface area contributed by atoms with Gasteiger partial charge in [-0.25, -0.2) is 4.79 Å². The second kappa shape index (κ2) is 7.84. The molecule has 2 heterocycles. The first kappa shape index (κ1) is 18.8. The summed E-state index contributed by atoms with van der Waals surface area (Å²) in [6.07, 6.45) is 2.98. The van der Waals surface area contributed by atoms with Crippen molar-refractivity contribution < 1.29 is 9.53 Å². The molecular formula is C22H23ClN2O3. The number of aryl methyl sites for hydroxylation is 2. The van der Waals surface area contributed by atoms with E-state index >= 15 is 0 Å². The lowest BCUT2D eigenvalue weighted by molar-refractivity contribution is 0.104. The Bertz CT molecular complexity index is 999. The summed E-state index contributed by atoms with van der Waals surface area (Å²) in [5, 5.41) is 0.722. The zero-order valence-corrected chi connectivity index (χ0v) is 16.6. The van der Waals surface area contributed by atoms with Crippen LogP contribution in [0.2, 0.25) is 5.02 Å². The van der Waals surface area contributed by atoms with Crippen LogP contribution in [-0.4, -0.2) is 35.7 Å². The standard InChI is InChI=1S/C22H23ClN2O3/c1-2-28-22(27)25-11-9-14(10-12-25)20-18-7-6-17(23)13-16(18)4-3-15-5-8-19(26)24-21(15)20/h5-8,13H,2-4,9-12H2,1H3,(H,24,26). The Morgan fingerprint density at radius 1 is 1.11 bits per heavy atom. The van der Waals surface area contributed by atoms with Gasteiger partial charge in [0.15, 0.2) is 0 Å². The molecule has 1 fully saturated rings. The molecule has 1 aliphatic carbocycles. The maximum Gasteiger partial charge on any atom is 0.409 e. The predicted molar refractivity (Wildman–Crippen MR) is 110 cm³/mol. The third-order valence-corrected chi connectivity index (χ3v) is 5.74. The maximum absolute atomic E-state index is 12.1. The van der Waals surface area contributed by atoms with E-state index in [1.165, 1.54) is 11.1 Å². The Morgan fingerprint density at radius 2 is 1.86 bits per heavy atom. The number of aromatic nitrogens is 1. The molecule has 2 aromatic rings. The fraction of sp³-hybridized carbons (Fsp3) is 0.364. The van der Waals surface area contributed by atoms with E-state index in [9.17, 15) is 9.59 Å². The van der Waals surface area contributed by atoms with Crippen molar-refractivity contribution in [1.29, 1.82) is 0 Å². The number of nitrogens with one attached hydrogen (secondary N) is 1. The number of nitrogens with zero attached hydrogens (tertiary/aromatic N) is 1. The zero-order valence-electron chi connectivity index (χ0n) is 15.9. The number of piperidine rings is 1. The number of fused-ring (bicyclic) bond motifs is 2. The minimum atomic E-state index is -0.256. The second-order valence-corrected chi connectivity index (χ2v) is 7.63. The van der Waals surface area contributed by atoms with Crippen LogP contribution < -0.4 is 5.56 Å². The Morgan fingerprint density at radius 3 is 2.61 bits per heavy atom. The highest BCUT2D eigenvalue weighted by molar-refractivity contribution is 6.30. The molecule has 28 heavy (non-hydrogen) atoms. The van der Waals surface area contributed by atoms with Gasteiger partial charge in [0.2, 0.25) is 5.56 Å². The fourth-order valence-corrected chi connectivity index (χ4v) is 4.34. The van der Waals surface area contributed by atoms with Gasteiger partial charge >= 0.3 is 6.09 Å². The van der Waals surface area contributed by atoms with E-state index in [0.717, 1.165) is 53.1 Å². The van der Waals surface area contributed by atoms with Crippen LogP contribution in [0.15, 0.2) is 40.7 Å². The van der Waals surface area contributed by atoms with Gasteiger partial charge in [-0.05, 0) is 61.4 Å². The van der Waals surface area contributed by atoms with Crippen molar-refractivity contribution in [2.24, 2.45) is 0 Å². The van der Waals surface area contributed by atoms with Gasteiger partial charge in [-0.1, -0.05) is 29.3 Å². The number of hydrogen-bond donors (Lipinski definition) is 1. The summed E-state index contributed by atoms with van der Waals surface area (Å²) < 4.78 is 5.13. The van der Waals surface area contributed by atoms with Crippen LogP contribution in [0.5, 0.6) is 0 Å². The number of amides is 1. The Labute approximate surface area is 169 Å². The number of benzene rings is 1. The van der Waals surface area contributed by atoms with Gasteiger partial charge in [0.05, 0.1) is 12.3 Å². The SMILES string of the molecule is CCOC(=O)N1CCC(=C2c3ccc(Cl)cc3CCc3ccc(=O)[nH]c32)CC1. The summed E-state index contributed by atoms with van der Waals surface area (Å²) >= 11 is 6.25. The molecule has 1 N–H and O–H groups in total. The van der Waals surface area contributed by atoms with Crippen molar-refractivity contribution in [2.45, 2.75) is 32.6 Å². The molecular weight excluding hydrogens is 376 g/mol. The largest absolute Gasteiger partial charge is 0.450 e. The summed E-state index contributed by atoms with van der Waals surface area (Å²) in [6, 6.07) is 9.50. The first-order chi connectivity index (χ1) is 13.6. The first-order valence-electron chi connectivity index (χ1n) is 9.72. The van der Waals surface area contributed by atoms with E-state index in [1.807, 2.05) is 25.1 Å². The number of carbonyl (C=O) groups is 1. The van der Waals surface area contributed by atoms with Gasteiger partial charge in [-0.15, -0.1) is 0 Å². The average Bonchev–Trinajstić information content (AvgIpc) is 2.84. The molecule has 1 amide bonds. The molecule has 1 aromatic carbocycles. The van der Waals surface area contributed by atoms with E-state index < -0.39 is 0 Å². The number of aromatic amines is 1. The van der Waals surface area contributed by atoms with E-state index in [0.29, 0.717) is 19.7 Å². The zero-order chi connectivity index (χ0) is 19.7. The summed E-state index contributed by atoms with van der Waals surface area (Å²) in [5.41, 5.74) is 6.63. The molecule has 2 aliphatic rings. The number of pyridine rings is 1. The number of halogens is 1. The Hall–Kier alpha value is -2.53. The van der Waals surface area contributed by atoms with Crippen LogP contribution in [-0.2, 0) is 17.6 Å². The van der Waals surface area contributed by atoms with Crippen LogP contribution in [0.4, 0.5) is 4.79 Å². The number of hydrogen-bond acceptors (Lipinski definition) is 3. The lowest BCUT2D eigenvalue weighted by atomic mass is 9.88. The summed E-state index contributed by atoms with van der Waals surface area (Å²) in [7, 11) is 0. The van der Waals surface area contributed by atoms with Crippen molar-refractivity contribution in [3.05, 3.63) is 73.7 Å². The molecule has 0 unspecified atom stereocenters. The van der Waals surface area contributed by atoms with Gasteiger partial charge in [0.1, 0.15) is 0 Å². The molecule has 0 radical (unpaired) electrons. The highest BCUT2D eigenvalue weighted by atomic mass is 35.5. The Kier molecular flexibility index (Phi) is 5.27. The van der Waals surface area contributed by atoms with Gasteiger partial charge in [0.25, 0.3) is 0 Å². The van der Waals surface area contributed by atoms with E-state index in [1.54, 1.807) is 11.0 Å². The molecule has 5 nitrogen and oxygen atoms in total. The van der Waals surface area contributed by atoms with E-state index in [4.69, 9.17) is 16.3 Å². The quantitative estimate of drug-likeness (QED) is 0.783. The summed E-state index contributed by atoms with van der Waals surface area (Å²) in [6.45, 7) is 3.43. The first-order valence-corrected chi connectivity index (χ1v) is 10.1. The smallest absolute Gasteiger partial charge is 0.409 e. The molecule has 1 saturated heterocycles. The summed E-state index contributed by atoms with van der Waals surface area (Å²) in [5.74, 6) is 0. The monoisotopic (exact) mass is 398 g/mol. The predicted octanol–water partition coefficient (Wildman–Crippen LogP) is 4.18. The topological polar surface area (TPSA) is 62.4 Å². The van der Waals surface area contributed by atoms with Crippen LogP contribution in [0.3, 0.4) is 0 Å². The normalized spacial score (nSPS) is 16.3. The van der Waals surface area contributed by atoms with E-state index in [2.05, 4.69) is 11.1 Å². The van der Waals surface area contributed by atoms with Crippen molar-refractivity contribution in [1.82, 2.24) is 9.88 Å². The molecule has 0 spiro atoms. The van der Waals surface area contributed by atoms with Gasteiger partial charge in [0, 0.05) is 29.8 Å². The highest BCUT2D eigenvalue weighted by Gasteiger charge is 2.26. The third kappa shape index (κ3) is 3.59. The molecule has 4 rings (SSSR count). The molecule has 0 bridgehead atoms. The molecule has 6 heteroatoms. The minimum absolute atomic E-state index is 0.0989. The maximum atomic E-state index is 12.1. The van der Waals surface area contributed by atoms with Gasteiger partial charge in [-0.2, -0.15) is 0 Å². The van der Waals surface area contributed by atoms with Crippen molar-refractivity contribution in [2.75, 3.05) is 19.7 Å². The van der Waals surface area contributed by atoms with Crippen LogP contribution in [0.1, 0.15) is 42.1 Å².